The molecule has 0 bridgehead atoms. The van der Waals surface area contributed by atoms with Crippen molar-refractivity contribution < 1.29 is 37.0 Å². The van der Waals surface area contributed by atoms with E-state index < -0.39 is 41.6 Å². The van der Waals surface area contributed by atoms with Crippen LogP contribution in [0.15, 0.2) is 35.5 Å². The van der Waals surface area contributed by atoms with Gasteiger partial charge in [-0.15, -0.1) is 0 Å². The van der Waals surface area contributed by atoms with Gasteiger partial charge in [-0.2, -0.15) is 13.2 Å². The number of hydrogen-bond acceptors (Lipinski definition) is 6. The Morgan fingerprint density at radius 3 is 2.57 bits per heavy atom. The minimum atomic E-state index is -5.08. The van der Waals surface area contributed by atoms with Crippen molar-refractivity contribution in [2.75, 3.05) is 19.0 Å². The van der Waals surface area contributed by atoms with Crippen LogP contribution in [0.25, 0.3) is 0 Å². The average molecular weight is 424 g/mol. The molecule has 30 heavy (non-hydrogen) atoms. The van der Waals surface area contributed by atoms with Gasteiger partial charge in [0.05, 0.1) is 24.1 Å². The lowest BCUT2D eigenvalue weighted by Crippen LogP contribution is -2.58. The lowest BCUT2D eigenvalue weighted by atomic mass is 9.66. The quantitative estimate of drug-likeness (QED) is 0.734. The summed E-state index contributed by atoms with van der Waals surface area (Å²) in [5.41, 5.74) is 0.739. The molecule has 1 aromatic rings. The number of benzene rings is 1. The number of likely N-dealkylation sites (tertiary alicyclic amines) is 1. The van der Waals surface area contributed by atoms with Crippen LogP contribution in [-0.2, 0) is 29.3 Å². The highest BCUT2D eigenvalue weighted by molar-refractivity contribution is 5.94. The fourth-order valence-corrected chi connectivity index (χ4v) is 5.07. The summed E-state index contributed by atoms with van der Waals surface area (Å²) in [5.74, 6) is -3.37. The van der Waals surface area contributed by atoms with E-state index in [2.05, 4.69) is 5.32 Å². The summed E-state index contributed by atoms with van der Waals surface area (Å²) in [6, 6.07) is 5.86. The molecule has 0 radical (unpaired) electrons. The molecule has 1 saturated heterocycles. The molecular weight excluding hydrogens is 405 g/mol. The maximum absolute atomic E-state index is 13.3. The van der Waals surface area contributed by atoms with Gasteiger partial charge in [-0.05, 0) is 18.1 Å². The van der Waals surface area contributed by atoms with Crippen LogP contribution in [0, 0.1) is 0 Å². The number of nitrogens with one attached hydrogen (secondary N) is 1. The number of esters is 2. The highest BCUT2D eigenvalue weighted by Gasteiger charge is 2.65. The minimum absolute atomic E-state index is 0.136. The van der Waals surface area contributed by atoms with Crippen molar-refractivity contribution in [1.82, 2.24) is 4.90 Å². The summed E-state index contributed by atoms with van der Waals surface area (Å²) in [7, 11) is 1.20. The molecule has 0 saturated carbocycles. The predicted octanol–water partition coefficient (Wildman–Crippen LogP) is 2.28. The molecule has 1 aromatic carbocycles. The summed E-state index contributed by atoms with van der Waals surface area (Å²) >= 11 is 0. The zero-order valence-electron chi connectivity index (χ0n) is 16.2. The van der Waals surface area contributed by atoms with E-state index in [-0.39, 0.29) is 25.0 Å². The Kier molecular flexibility index (Phi) is 4.55. The second-order valence-corrected chi connectivity index (χ2v) is 7.53. The van der Waals surface area contributed by atoms with E-state index in [0.717, 1.165) is 11.8 Å². The number of fused-ring (bicyclic) bond motifs is 1. The van der Waals surface area contributed by atoms with Gasteiger partial charge in [-0.25, -0.2) is 4.79 Å². The van der Waals surface area contributed by atoms with Crippen LogP contribution >= 0.6 is 0 Å². The monoisotopic (exact) mass is 424 g/mol. The first kappa shape index (κ1) is 20.2. The number of amides is 1. The summed E-state index contributed by atoms with van der Waals surface area (Å²) in [4.78, 5) is 37.3. The second kappa shape index (κ2) is 6.75. The number of carbonyl (C=O) groups is 3. The van der Waals surface area contributed by atoms with Crippen molar-refractivity contribution in [1.29, 1.82) is 0 Å². The summed E-state index contributed by atoms with van der Waals surface area (Å²) in [5, 5.41) is 3.16. The van der Waals surface area contributed by atoms with Crippen LogP contribution < -0.4 is 5.32 Å². The molecule has 1 N–H and O–H groups in total. The highest BCUT2D eigenvalue weighted by atomic mass is 19.4. The van der Waals surface area contributed by atoms with Gasteiger partial charge in [0.1, 0.15) is 6.10 Å². The van der Waals surface area contributed by atoms with Gasteiger partial charge in [0.25, 0.3) is 0 Å². The number of ether oxygens (including phenoxy) is 2. The van der Waals surface area contributed by atoms with Gasteiger partial charge in [-0.3, -0.25) is 9.59 Å². The molecule has 2 aliphatic heterocycles. The molecule has 3 atom stereocenters. The maximum Gasteiger partial charge on any atom is 0.471 e. The van der Waals surface area contributed by atoms with Crippen LogP contribution in [0.2, 0.25) is 0 Å². The number of nitrogens with zero attached hydrogens (tertiary/aromatic N) is 1. The zero-order chi connectivity index (χ0) is 21.8. The van der Waals surface area contributed by atoms with Gasteiger partial charge in [0, 0.05) is 31.3 Å². The largest absolute Gasteiger partial charge is 0.471 e. The molecule has 0 aromatic heterocycles. The fourth-order valence-electron chi connectivity index (χ4n) is 5.07. The van der Waals surface area contributed by atoms with Crippen molar-refractivity contribution >= 4 is 23.5 Å². The van der Waals surface area contributed by atoms with Crippen molar-refractivity contribution in [2.24, 2.45) is 0 Å². The molecule has 3 aliphatic rings. The summed E-state index contributed by atoms with van der Waals surface area (Å²) < 4.78 is 50.3. The number of hydrogen-bond donors (Lipinski definition) is 1. The van der Waals surface area contributed by atoms with Gasteiger partial charge >= 0.3 is 24.0 Å². The van der Waals surface area contributed by atoms with E-state index in [0.29, 0.717) is 16.9 Å². The SMILES string of the molecule is COC(=O)C1=C2Nc3ccccc3[C@@]23CCN(C(=O)C(F)(F)F)[C@H]3[C@H](OC(C)=O)C1. The highest BCUT2D eigenvalue weighted by Crippen LogP contribution is 2.58. The Morgan fingerprint density at radius 1 is 1.23 bits per heavy atom. The maximum atomic E-state index is 13.3. The van der Waals surface area contributed by atoms with Gasteiger partial charge < -0.3 is 19.7 Å². The first-order chi connectivity index (χ1) is 14.1. The standard InChI is InChI=1S/C20H19F3N2O5/c1-10(26)30-14-9-11(17(27)29-2)15-19(12-5-3-4-6-13(12)24-15)7-8-25(16(14)19)18(28)20(21,22)23/h3-6,14,16,24H,7-9H2,1-2H3/t14-,16+,19+/m1/s1. The molecule has 1 amide bonds. The van der Waals surface area contributed by atoms with E-state index in [9.17, 15) is 27.6 Å². The van der Waals surface area contributed by atoms with E-state index in [1.165, 1.54) is 7.11 Å². The first-order valence-corrected chi connectivity index (χ1v) is 9.34. The fraction of sp³-hybridized carbons (Fsp3) is 0.450. The number of rotatable bonds is 2. The normalized spacial score (nSPS) is 27.0. The molecule has 1 fully saturated rings. The zero-order valence-corrected chi connectivity index (χ0v) is 16.2. The van der Waals surface area contributed by atoms with Crippen molar-refractivity contribution in [2.45, 2.75) is 43.5 Å². The van der Waals surface area contributed by atoms with Gasteiger partial charge in [-0.1, -0.05) is 18.2 Å². The Morgan fingerprint density at radius 2 is 1.93 bits per heavy atom. The number of methoxy groups -OCH3 is 1. The molecular formula is C20H19F3N2O5. The second-order valence-electron chi connectivity index (χ2n) is 7.53. The van der Waals surface area contributed by atoms with E-state index in [1.54, 1.807) is 24.3 Å². The third kappa shape index (κ3) is 2.77. The summed E-state index contributed by atoms with van der Waals surface area (Å²) in [6.07, 6.45) is -6.25. The third-order valence-corrected chi connectivity index (χ3v) is 6.01. The van der Waals surface area contributed by atoms with Gasteiger partial charge in [0.2, 0.25) is 0 Å². The van der Waals surface area contributed by atoms with Crippen LogP contribution in [0.5, 0.6) is 0 Å². The Balaban J connectivity index is 1.95. The predicted molar refractivity (Wildman–Crippen MR) is 97.1 cm³/mol. The van der Waals surface area contributed by atoms with Crippen LogP contribution in [-0.4, -0.2) is 54.7 Å². The number of anilines is 1. The average Bonchev–Trinajstić information content (AvgIpc) is 3.24. The molecule has 1 aliphatic carbocycles. The Labute approximate surface area is 169 Å². The number of halogens is 3. The minimum Gasteiger partial charge on any atom is -0.466 e. The van der Waals surface area contributed by atoms with Crippen LogP contribution in [0.1, 0.15) is 25.3 Å². The topological polar surface area (TPSA) is 84.9 Å². The van der Waals surface area contributed by atoms with Crippen LogP contribution in [0.4, 0.5) is 18.9 Å². The van der Waals surface area contributed by atoms with E-state index in [1.807, 2.05) is 0 Å². The van der Waals surface area contributed by atoms with Crippen molar-refractivity contribution in [3.8, 4) is 0 Å². The van der Waals surface area contributed by atoms with Crippen molar-refractivity contribution in [3.63, 3.8) is 0 Å². The number of alkyl halides is 3. The molecule has 4 rings (SSSR count). The summed E-state index contributed by atoms with van der Waals surface area (Å²) in [6.45, 7) is 0.935. The Hall–Kier alpha value is -3.04. The van der Waals surface area contributed by atoms with E-state index in [4.69, 9.17) is 9.47 Å². The molecule has 10 heteroatoms. The molecule has 2 heterocycles. The lowest BCUT2D eigenvalue weighted by Gasteiger charge is -2.44. The molecule has 160 valence electrons. The van der Waals surface area contributed by atoms with Crippen molar-refractivity contribution in [3.05, 3.63) is 41.1 Å². The van der Waals surface area contributed by atoms with E-state index >= 15 is 0 Å². The lowest BCUT2D eigenvalue weighted by molar-refractivity contribution is -0.190. The smallest absolute Gasteiger partial charge is 0.466 e. The van der Waals surface area contributed by atoms with Gasteiger partial charge in [0.15, 0.2) is 0 Å². The Bertz CT molecular complexity index is 973. The number of carbonyl (C=O) groups excluding carboxylic acids is 3. The van der Waals surface area contributed by atoms with Crippen LogP contribution in [0.3, 0.4) is 0 Å². The molecule has 1 spiro atoms. The number of para-hydroxylation sites is 1. The third-order valence-electron chi connectivity index (χ3n) is 6.01. The first-order valence-electron chi connectivity index (χ1n) is 9.34. The molecule has 0 unspecified atom stereocenters. The molecule has 7 nitrogen and oxygen atoms in total.